The molecule has 2 rings (SSSR count). The predicted molar refractivity (Wildman–Crippen MR) is 89.9 cm³/mol. The first-order chi connectivity index (χ1) is 9.77. The van der Waals surface area contributed by atoms with Crippen LogP contribution < -0.4 is 10.5 Å². The molecule has 0 heterocycles. The van der Waals surface area contributed by atoms with Gasteiger partial charge in [-0.05, 0) is 59.0 Å². The maximum Gasteiger partial charge on any atom is 0.255 e. The van der Waals surface area contributed by atoms with Gasteiger partial charge >= 0.3 is 0 Å². The summed E-state index contributed by atoms with van der Waals surface area (Å²) in [7, 11) is -3.86. The normalized spacial score (nSPS) is 11.2. The van der Waals surface area contributed by atoms with Crippen LogP contribution in [0.2, 0.25) is 5.02 Å². The molecule has 2 aromatic rings. The van der Waals surface area contributed by atoms with Crippen molar-refractivity contribution < 1.29 is 13.2 Å². The highest BCUT2D eigenvalue weighted by Crippen LogP contribution is 2.25. The Balaban J connectivity index is 2.33. The number of rotatable bonds is 3. The smallest absolute Gasteiger partial charge is 0.255 e. The number of carbonyl (C=O) groups is 1. The molecule has 110 valence electrons. The molecule has 0 unspecified atom stereocenters. The minimum absolute atomic E-state index is 0.121. The van der Waals surface area contributed by atoms with Gasteiger partial charge in [0, 0.05) is 9.13 Å². The van der Waals surface area contributed by atoms with E-state index in [-0.39, 0.29) is 21.5 Å². The van der Waals surface area contributed by atoms with Gasteiger partial charge in [-0.2, -0.15) is 0 Å². The summed E-state index contributed by atoms with van der Waals surface area (Å²) in [5, 5.41) is 7.85. The first-order valence-corrected chi connectivity index (χ1v) is 8.67. The molecular weight excluding hydrogens is 427 g/mol. The number of halogens is 2. The van der Waals surface area contributed by atoms with Crippen molar-refractivity contribution in [2.45, 2.75) is 4.90 Å². The summed E-state index contributed by atoms with van der Waals surface area (Å²) >= 11 is 8.05. The van der Waals surface area contributed by atoms with Crippen molar-refractivity contribution in [2.75, 3.05) is 5.32 Å². The molecular formula is C13H10ClIN2O3S. The molecule has 0 saturated heterocycles. The Morgan fingerprint density at radius 3 is 2.52 bits per heavy atom. The molecule has 0 aliphatic heterocycles. The van der Waals surface area contributed by atoms with Crippen LogP contribution in [0.4, 0.5) is 5.69 Å². The van der Waals surface area contributed by atoms with Crippen molar-refractivity contribution in [3.63, 3.8) is 0 Å². The zero-order valence-electron chi connectivity index (χ0n) is 10.5. The number of nitrogens with one attached hydrogen (secondary N) is 1. The number of primary sulfonamides is 1. The minimum atomic E-state index is -3.86. The largest absolute Gasteiger partial charge is 0.321 e. The van der Waals surface area contributed by atoms with E-state index in [0.29, 0.717) is 5.56 Å². The summed E-state index contributed by atoms with van der Waals surface area (Å²) in [4.78, 5) is 12.0. The number of hydrogen-bond donors (Lipinski definition) is 2. The molecule has 8 heteroatoms. The third-order valence-corrected chi connectivity index (χ3v) is 4.51. The molecule has 0 aromatic heterocycles. The van der Waals surface area contributed by atoms with E-state index in [1.165, 1.54) is 18.2 Å². The highest BCUT2D eigenvalue weighted by atomic mass is 127. The fourth-order valence-electron chi connectivity index (χ4n) is 1.60. The van der Waals surface area contributed by atoms with Gasteiger partial charge in [-0.25, -0.2) is 13.6 Å². The fourth-order valence-corrected chi connectivity index (χ4v) is 2.85. The summed E-state index contributed by atoms with van der Waals surface area (Å²) in [5.74, 6) is -0.387. The summed E-state index contributed by atoms with van der Waals surface area (Å²) in [6.07, 6.45) is 0. The zero-order chi connectivity index (χ0) is 15.6. The molecule has 5 nitrogen and oxygen atoms in total. The van der Waals surface area contributed by atoms with E-state index < -0.39 is 10.0 Å². The van der Waals surface area contributed by atoms with Crippen molar-refractivity contribution in [3.05, 3.63) is 56.6 Å². The van der Waals surface area contributed by atoms with Crippen molar-refractivity contribution in [3.8, 4) is 0 Å². The quantitative estimate of drug-likeness (QED) is 0.725. The van der Waals surface area contributed by atoms with E-state index in [9.17, 15) is 13.2 Å². The molecule has 0 aliphatic carbocycles. The lowest BCUT2D eigenvalue weighted by atomic mass is 10.2. The maximum absolute atomic E-state index is 12.1. The van der Waals surface area contributed by atoms with Crippen molar-refractivity contribution >= 4 is 55.8 Å². The van der Waals surface area contributed by atoms with Gasteiger partial charge in [-0.1, -0.05) is 17.7 Å². The van der Waals surface area contributed by atoms with Crippen LogP contribution >= 0.6 is 34.2 Å². The van der Waals surface area contributed by atoms with Gasteiger partial charge in [0.1, 0.15) is 0 Å². The van der Waals surface area contributed by atoms with Crippen molar-refractivity contribution in [1.82, 2.24) is 0 Å². The van der Waals surface area contributed by atoms with Crippen LogP contribution in [0.3, 0.4) is 0 Å². The number of amides is 1. The number of carbonyl (C=O) groups excluding carboxylic acids is 1. The summed E-state index contributed by atoms with van der Waals surface area (Å²) in [6.45, 7) is 0. The highest BCUT2D eigenvalue weighted by molar-refractivity contribution is 14.1. The monoisotopic (exact) mass is 436 g/mol. The molecule has 0 aliphatic rings. The topological polar surface area (TPSA) is 89.3 Å². The molecule has 0 spiro atoms. The second-order valence-corrected chi connectivity index (χ2v) is 7.37. The zero-order valence-corrected chi connectivity index (χ0v) is 14.2. The summed E-state index contributed by atoms with van der Waals surface area (Å²) in [6, 6.07) is 10.8. The van der Waals surface area contributed by atoms with E-state index >= 15 is 0 Å². The van der Waals surface area contributed by atoms with Gasteiger partial charge in [0.2, 0.25) is 10.0 Å². The second-order valence-electron chi connectivity index (χ2n) is 4.15. The number of benzene rings is 2. The molecule has 0 atom stereocenters. The SMILES string of the molecule is NS(=O)(=O)c1ccc(Cl)c(NC(=O)c2cccc(I)c2)c1. The predicted octanol–water partition coefficient (Wildman–Crippen LogP) is 2.84. The Morgan fingerprint density at radius 2 is 1.90 bits per heavy atom. The van der Waals surface area contributed by atoms with Crippen molar-refractivity contribution in [1.29, 1.82) is 0 Å². The lowest BCUT2D eigenvalue weighted by Gasteiger charge is -2.09. The Hall–Kier alpha value is -1.16. The number of nitrogens with two attached hydrogens (primary N) is 1. The third-order valence-electron chi connectivity index (χ3n) is 2.60. The Kier molecular flexibility index (Phi) is 4.87. The number of sulfonamides is 1. The Labute approximate surface area is 140 Å². The van der Waals surface area contributed by atoms with Crippen LogP contribution in [0.5, 0.6) is 0 Å². The van der Waals surface area contributed by atoms with Crippen LogP contribution in [0.15, 0.2) is 47.4 Å². The highest BCUT2D eigenvalue weighted by Gasteiger charge is 2.13. The molecule has 2 aromatic carbocycles. The van der Waals surface area contributed by atoms with E-state index in [2.05, 4.69) is 27.9 Å². The number of hydrogen-bond acceptors (Lipinski definition) is 3. The average Bonchev–Trinajstić information content (AvgIpc) is 2.40. The maximum atomic E-state index is 12.1. The minimum Gasteiger partial charge on any atom is -0.321 e. The molecule has 0 saturated carbocycles. The van der Waals surface area contributed by atoms with Gasteiger partial charge in [-0.15, -0.1) is 0 Å². The van der Waals surface area contributed by atoms with E-state index in [1.54, 1.807) is 18.2 Å². The lowest BCUT2D eigenvalue weighted by molar-refractivity contribution is 0.102. The van der Waals surface area contributed by atoms with E-state index in [0.717, 1.165) is 3.57 Å². The van der Waals surface area contributed by atoms with E-state index in [4.69, 9.17) is 16.7 Å². The molecule has 3 N–H and O–H groups in total. The molecule has 1 amide bonds. The molecule has 0 radical (unpaired) electrons. The standard InChI is InChI=1S/C13H10ClIN2O3S/c14-11-5-4-10(21(16,19)20)7-12(11)17-13(18)8-2-1-3-9(15)6-8/h1-7H,(H,17,18)(H2,16,19,20). The summed E-state index contributed by atoms with van der Waals surface area (Å²) < 4.78 is 23.5. The van der Waals surface area contributed by atoms with Gasteiger partial charge in [0.15, 0.2) is 0 Å². The molecule has 21 heavy (non-hydrogen) atoms. The second kappa shape index (κ2) is 6.30. The van der Waals surface area contributed by atoms with Gasteiger partial charge < -0.3 is 5.32 Å². The molecule has 0 fully saturated rings. The van der Waals surface area contributed by atoms with Crippen LogP contribution in [0, 0.1) is 3.57 Å². The third kappa shape index (κ3) is 4.16. The lowest BCUT2D eigenvalue weighted by Crippen LogP contribution is -2.15. The molecule has 0 bridgehead atoms. The fraction of sp³-hybridized carbons (Fsp3) is 0. The number of anilines is 1. The van der Waals surface area contributed by atoms with Crippen LogP contribution in [0.25, 0.3) is 0 Å². The Morgan fingerprint density at radius 1 is 1.19 bits per heavy atom. The van der Waals surface area contributed by atoms with Crippen LogP contribution in [-0.2, 0) is 10.0 Å². The van der Waals surface area contributed by atoms with Gasteiger partial charge in [0.25, 0.3) is 5.91 Å². The van der Waals surface area contributed by atoms with Gasteiger partial charge in [0.05, 0.1) is 15.6 Å². The first-order valence-electron chi connectivity index (χ1n) is 5.66. The van der Waals surface area contributed by atoms with Crippen molar-refractivity contribution in [2.24, 2.45) is 5.14 Å². The Bertz CT molecular complexity index is 809. The first kappa shape index (κ1) is 16.2. The van der Waals surface area contributed by atoms with Gasteiger partial charge in [-0.3, -0.25) is 4.79 Å². The average molecular weight is 437 g/mol. The summed E-state index contributed by atoms with van der Waals surface area (Å²) in [5.41, 5.74) is 0.631. The van der Waals surface area contributed by atoms with Crippen LogP contribution in [-0.4, -0.2) is 14.3 Å². The van der Waals surface area contributed by atoms with Crippen LogP contribution in [0.1, 0.15) is 10.4 Å². The van der Waals surface area contributed by atoms with E-state index in [1.807, 2.05) is 6.07 Å².